The highest BCUT2D eigenvalue weighted by Crippen LogP contribution is 2.27. The number of nitrogens with zero attached hydrogens (tertiary/aromatic N) is 1. The van der Waals surface area contributed by atoms with Crippen molar-refractivity contribution in [3.05, 3.63) is 70.0 Å². The van der Waals surface area contributed by atoms with E-state index in [-0.39, 0.29) is 11.3 Å². The van der Waals surface area contributed by atoms with E-state index in [0.29, 0.717) is 35.3 Å². The van der Waals surface area contributed by atoms with Crippen LogP contribution in [-0.4, -0.2) is 28.2 Å². The number of anilines is 1. The van der Waals surface area contributed by atoms with Crippen molar-refractivity contribution in [3.63, 3.8) is 0 Å². The topological polar surface area (TPSA) is 97.6 Å². The van der Waals surface area contributed by atoms with E-state index in [1.165, 1.54) is 0 Å². The van der Waals surface area contributed by atoms with Crippen LogP contribution in [-0.2, 0) is 11.3 Å². The Morgan fingerprint density at radius 3 is 2.39 bits per heavy atom. The number of pyridine rings is 1. The average molecular weight is 451 g/mol. The Bertz CT molecular complexity index is 1180. The molecule has 1 amide bonds. The number of carbonyl (C=O) groups is 2. The second kappa shape index (κ2) is 11.3. The van der Waals surface area contributed by atoms with E-state index < -0.39 is 17.4 Å². The number of unbranched alkanes of at least 4 members (excludes halogenated alkanes) is 3. The summed E-state index contributed by atoms with van der Waals surface area (Å²) in [5, 5.41) is 13.9. The van der Waals surface area contributed by atoms with Gasteiger partial charge in [-0.2, -0.15) is 0 Å². The number of hydrogen-bond acceptors (Lipinski definition) is 5. The van der Waals surface area contributed by atoms with Crippen molar-refractivity contribution in [1.82, 2.24) is 4.57 Å². The van der Waals surface area contributed by atoms with Crippen LogP contribution in [0.5, 0.6) is 5.75 Å². The summed E-state index contributed by atoms with van der Waals surface area (Å²) in [6.45, 7) is 4.83. The zero-order valence-electron chi connectivity index (χ0n) is 19.1. The number of hydrogen-bond donors (Lipinski definition) is 2. The minimum Gasteiger partial charge on any atom is -0.506 e. The van der Waals surface area contributed by atoms with Gasteiger partial charge in [0.05, 0.1) is 17.7 Å². The number of nitrogens with one attached hydrogen (secondary N) is 1. The summed E-state index contributed by atoms with van der Waals surface area (Å²) < 4.78 is 6.66. The van der Waals surface area contributed by atoms with Crippen molar-refractivity contribution < 1.29 is 19.4 Å². The molecule has 7 nitrogen and oxygen atoms in total. The van der Waals surface area contributed by atoms with Crippen molar-refractivity contribution in [2.24, 2.45) is 0 Å². The van der Waals surface area contributed by atoms with Gasteiger partial charge in [-0.15, -0.1) is 0 Å². The van der Waals surface area contributed by atoms with Gasteiger partial charge in [0.2, 0.25) is 0 Å². The van der Waals surface area contributed by atoms with Crippen molar-refractivity contribution in [2.45, 2.75) is 52.5 Å². The predicted octanol–water partition coefficient (Wildman–Crippen LogP) is 5.11. The molecule has 1 heterocycles. The standard InChI is InChI=1S/C26H30N2O5/c1-3-5-6-9-16-28-21-11-8-7-10-20(21)23(29)22(25(28)31)24(30)27-19-14-12-18(13-15-19)26(32)33-17-4-2/h7-8,10-15,29H,3-6,9,16-17H2,1-2H3,(H,27,30). The number of aromatic nitrogens is 1. The third-order valence-corrected chi connectivity index (χ3v) is 5.42. The summed E-state index contributed by atoms with van der Waals surface area (Å²) in [6, 6.07) is 13.2. The van der Waals surface area contributed by atoms with E-state index >= 15 is 0 Å². The quantitative estimate of drug-likeness (QED) is 0.331. The zero-order valence-corrected chi connectivity index (χ0v) is 19.1. The lowest BCUT2D eigenvalue weighted by Gasteiger charge is -2.15. The van der Waals surface area contributed by atoms with Gasteiger partial charge in [0.15, 0.2) is 0 Å². The zero-order chi connectivity index (χ0) is 23.8. The molecule has 0 fully saturated rings. The second-order valence-corrected chi connectivity index (χ2v) is 7.93. The van der Waals surface area contributed by atoms with Crippen LogP contribution in [0.4, 0.5) is 5.69 Å². The summed E-state index contributed by atoms with van der Waals surface area (Å²) in [5.41, 5.74) is 0.538. The molecule has 0 unspecified atom stereocenters. The number of aryl methyl sites for hydroxylation is 1. The molecule has 0 aliphatic heterocycles. The van der Waals surface area contributed by atoms with Gasteiger partial charge < -0.3 is 19.7 Å². The molecule has 2 N–H and O–H groups in total. The first kappa shape index (κ1) is 24.0. The maximum atomic E-state index is 13.2. The molecule has 7 heteroatoms. The molecule has 0 radical (unpaired) electrons. The number of rotatable bonds is 10. The summed E-state index contributed by atoms with van der Waals surface area (Å²) in [7, 11) is 0. The van der Waals surface area contributed by atoms with Crippen LogP contribution in [0.3, 0.4) is 0 Å². The maximum Gasteiger partial charge on any atom is 0.338 e. The molecule has 0 spiro atoms. The summed E-state index contributed by atoms with van der Waals surface area (Å²) >= 11 is 0. The van der Waals surface area contributed by atoms with Gasteiger partial charge in [-0.1, -0.05) is 45.2 Å². The molecule has 33 heavy (non-hydrogen) atoms. The largest absolute Gasteiger partial charge is 0.506 e. The molecule has 0 saturated heterocycles. The van der Waals surface area contributed by atoms with E-state index in [1.54, 1.807) is 53.1 Å². The lowest BCUT2D eigenvalue weighted by atomic mass is 10.1. The molecular formula is C26H30N2O5. The highest BCUT2D eigenvalue weighted by Gasteiger charge is 2.22. The Balaban J connectivity index is 1.89. The number of amides is 1. The number of benzene rings is 2. The Hall–Kier alpha value is -3.61. The van der Waals surface area contributed by atoms with Crippen LogP contribution in [0.1, 0.15) is 66.7 Å². The fourth-order valence-electron chi connectivity index (χ4n) is 3.67. The molecule has 174 valence electrons. The Kier molecular flexibility index (Phi) is 8.24. The molecule has 3 rings (SSSR count). The summed E-state index contributed by atoms with van der Waals surface area (Å²) in [4.78, 5) is 38.2. The van der Waals surface area contributed by atoms with Gasteiger partial charge in [0.1, 0.15) is 11.3 Å². The second-order valence-electron chi connectivity index (χ2n) is 7.93. The minimum absolute atomic E-state index is 0.296. The number of carbonyl (C=O) groups excluding carboxylic acids is 2. The molecule has 3 aromatic rings. The van der Waals surface area contributed by atoms with Crippen molar-refractivity contribution in [1.29, 1.82) is 0 Å². The number of fused-ring (bicyclic) bond motifs is 1. The fourth-order valence-corrected chi connectivity index (χ4v) is 3.67. The molecule has 0 atom stereocenters. The van der Waals surface area contributed by atoms with Gasteiger partial charge in [0, 0.05) is 17.6 Å². The highest BCUT2D eigenvalue weighted by atomic mass is 16.5. The summed E-state index contributed by atoms with van der Waals surface area (Å²) in [5.74, 6) is -1.47. The Morgan fingerprint density at radius 2 is 1.70 bits per heavy atom. The number of ether oxygens (including phenoxy) is 1. The van der Waals surface area contributed by atoms with E-state index in [2.05, 4.69) is 12.2 Å². The number of esters is 1. The van der Waals surface area contributed by atoms with Crippen LogP contribution in [0.25, 0.3) is 10.9 Å². The van der Waals surface area contributed by atoms with Crippen LogP contribution in [0, 0.1) is 0 Å². The first-order chi connectivity index (χ1) is 16.0. The highest BCUT2D eigenvalue weighted by molar-refractivity contribution is 6.09. The third-order valence-electron chi connectivity index (χ3n) is 5.42. The maximum absolute atomic E-state index is 13.2. The molecule has 2 aromatic carbocycles. The van der Waals surface area contributed by atoms with Crippen LogP contribution in [0.15, 0.2) is 53.3 Å². The lowest BCUT2D eigenvalue weighted by molar-refractivity contribution is 0.0505. The van der Waals surface area contributed by atoms with Gasteiger partial charge in [0.25, 0.3) is 11.5 Å². The normalized spacial score (nSPS) is 10.8. The average Bonchev–Trinajstić information content (AvgIpc) is 2.82. The van der Waals surface area contributed by atoms with Crippen LogP contribution in [0.2, 0.25) is 0 Å². The first-order valence-corrected chi connectivity index (χ1v) is 11.4. The van der Waals surface area contributed by atoms with Gasteiger partial charge in [-0.3, -0.25) is 9.59 Å². The number of para-hydroxylation sites is 1. The number of aromatic hydroxyl groups is 1. The molecule has 0 saturated carbocycles. The minimum atomic E-state index is -0.702. The van der Waals surface area contributed by atoms with Crippen molar-refractivity contribution in [2.75, 3.05) is 11.9 Å². The van der Waals surface area contributed by atoms with E-state index in [0.717, 1.165) is 32.1 Å². The van der Waals surface area contributed by atoms with Crippen molar-refractivity contribution in [3.8, 4) is 5.75 Å². The van der Waals surface area contributed by atoms with Crippen LogP contribution >= 0.6 is 0 Å². The molecule has 0 aliphatic carbocycles. The van der Waals surface area contributed by atoms with E-state index in [4.69, 9.17) is 4.74 Å². The van der Waals surface area contributed by atoms with E-state index in [9.17, 15) is 19.5 Å². The predicted molar refractivity (Wildman–Crippen MR) is 129 cm³/mol. The first-order valence-electron chi connectivity index (χ1n) is 11.4. The molecule has 0 bridgehead atoms. The fraction of sp³-hybridized carbons (Fsp3) is 0.346. The summed E-state index contributed by atoms with van der Waals surface area (Å²) in [6.07, 6.45) is 4.66. The third kappa shape index (κ3) is 5.61. The smallest absolute Gasteiger partial charge is 0.338 e. The molecule has 1 aromatic heterocycles. The Labute approximate surface area is 193 Å². The van der Waals surface area contributed by atoms with Gasteiger partial charge >= 0.3 is 5.97 Å². The molecule has 0 aliphatic rings. The SMILES string of the molecule is CCCCCCn1c(=O)c(C(=O)Nc2ccc(C(=O)OCCC)cc2)c(O)c2ccccc21. The Morgan fingerprint density at radius 1 is 0.970 bits per heavy atom. The van der Waals surface area contributed by atoms with Gasteiger partial charge in [-0.25, -0.2) is 4.79 Å². The van der Waals surface area contributed by atoms with E-state index in [1.807, 2.05) is 6.92 Å². The molecular weight excluding hydrogens is 420 g/mol. The van der Waals surface area contributed by atoms with Crippen LogP contribution < -0.4 is 10.9 Å². The van der Waals surface area contributed by atoms with Gasteiger partial charge in [-0.05, 0) is 49.2 Å². The van der Waals surface area contributed by atoms with Crippen molar-refractivity contribution >= 4 is 28.5 Å². The monoisotopic (exact) mass is 450 g/mol. The lowest BCUT2D eigenvalue weighted by Crippen LogP contribution is -2.30.